The van der Waals surface area contributed by atoms with Crippen LogP contribution in [-0.4, -0.2) is 56.9 Å². The summed E-state index contributed by atoms with van der Waals surface area (Å²) in [6.07, 6.45) is 4.37. The van der Waals surface area contributed by atoms with Gasteiger partial charge in [0.25, 0.3) is 0 Å². The topological polar surface area (TPSA) is 109 Å². The Morgan fingerprint density at radius 2 is 1.88 bits per heavy atom. The van der Waals surface area contributed by atoms with Gasteiger partial charge in [-0.1, -0.05) is 0 Å². The third-order valence-corrected chi connectivity index (χ3v) is 5.54. The van der Waals surface area contributed by atoms with Crippen molar-refractivity contribution < 1.29 is 19.4 Å². The van der Waals surface area contributed by atoms with Gasteiger partial charge in [-0.3, -0.25) is 9.88 Å². The van der Waals surface area contributed by atoms with Crippen LogP contribution >= 0.6 is 0 Å². The van der Waals surface area contributed by atoms with E-state index in [-0.39, 0.29) is 12.1 Å². The van der Waals surface area contributed by atoms with Crippen LogP contribution < -0.4 is 15.4 Å². The number of piperidine rings is 1. The first-order valence-electron chi connectivity index (χ1n) is 10.7. The van der Waals surface area contributed by atoms with E-state index in [1.165, 1.54) is 0 Å². The van der Waals surface area contributed by atoms with Crippen molar-refractivity contribution in [2.75, 3.05) is 25.0 Å². The first-order chi connectivity index (χ1) is 15.3. The number of hydrogen-bond donors (Lipinski definition) is 3. The van der Waals surface area contributed by atoms with E-state index in [4.69, 9.17) is 4.74 Å². The average Bonchev–Trinajstić information content (AvgIpc) is 3.17. The van der Waals surface area contributed by atoms with Gasteiger partial charge in [0.2, 0.25) is 0 Å². The van der Waals surface area contributed by atoms with Crippen LogP contribution in [0.5, 0.6) is 11.5 Å². The van der Waals surface area contributed by atoms with Crippen LogP contribution in [0.25, 0.3) is 10.9 Å². The number of rotatable bonds is 4. The fourth-order valence-electron chi connectivity index (χ4n) is 3.66. The zero-order chi connectivity index (χ0) is 22.7. The second-order valence-electron chi connectivity index (χ2n) is 8.13. The summed E-state index contributed by atoms with van der Waals surface area (Å²) in [4.78, 5) is 30.5. The van der Waals surface area contributed by atoms with Crippen molar-refractivity contribution >= 4 is 28.8 Å². The van der Waals surface area contributed by atoms with Crippen molar-refractivity contribution in [2.24, 2.45) is 0 Å². The van der Waals surface area contributed by atoms with Gasteiger partial charge in [0.1, 0.15) is 17.3 Å². The van der Waals surface area contributed by atoms with Crippen LogP contribution in [0.15, 0.2) is 48.8 Å². The molecule has 0 radical (unpaired) electrons. The lowest BCUT2D eigenvalue weighted by molar-refractivity contribution is 0.00569. The number of aliphatic hydroxyl groups is 1. The molecule has 1 fully saturated rings. The summed E-state index contributed by atoms with van der Waals surface area (Å²) in [6, 6.07) is 10.3. The van der Waals surface area contributed by atoms with Crippen LogP contribution in [0.1, 0.15) is 26.7 Å². The first-order valence-corrected chi connectivity index (χ1v) is 10.7. The van der Waals surface area contributed by atoms with Gasteiger partial charge in [-0.2, -0.15) is 0 Å². The normalized spacial score (nSPS) is 15.4. The summed E-state index contributed by atoms with van der Waals surface area (Å²) in [6.45, 7) is 5.20. The Labute approximate surface area is 186 Å². The van der Waals surface area contributed by atoms with E-state index in [9.17, 15) is 14.7 Å². The number of carbonyl (C=O) groups excluding carboxylic acids is 2. The van der Waals surface area contributed by atoms with Crippen LogP contribution in [0.4, 0.5) is 15.4 Å². The van der Waals surface area contributed by atoms with Crippen molar-refractivity contribution in [3.05, 3.63) is 48.8 Å². The predicted molar refractivity (Wildman–Crippen MR) is 121 cm³/mol. The van der Waals surface area contributed by atoms with E-state index >= 15 is 0 Å². The second-order valence-corrected chi connectivity index (χ2v) is 8.13. The summed E-state index contributed by atoms with van der Waals surface area (Å²) in [5, 5.41) is 16.5. The molecular weight excluding hydrogens is 410 g/mol. The molecular formula is C23H27N5O4. The number of urea groups is 1. The largest absolute Gasteiger partial charge is 0.457 e. The number of ether oxygens (including phenoxy) is 1. The summed E-state index contributed by atoms with van der Waals surface area (Å²) in [5.41, 5.74) is 0.0662. The maximum atomic E-state index is 12.5. The third kappa shape index (κ3) is 4.83. The minimum absolute atomic E-state index is 0.178. The van der Waals surface area contributed by atoms with Gasteiger partial charge in [0.05, 0.1) is 11.1 Å². The van der Waals surface area contributed by atoms with Gasteiger partial charge in [-0.25, -0.2) is 14.6 Å². The van der Waals surface area contributed by atoms with E-state index in [2.05, 4.69) is 15.6 Å². The molecule has 2 aromatic heterocycles. The smallest absolute Gasteiger partial charge is 0.326 e. The number of nitrogens with zero attached hydrogens (tertiary/aromatic N) is 3. The molecule has 9 heteroatoms. The minimum atomic E-state index is -0.718. The Kier molecular flexibility index (Phi) is 6.00. The van der Waals surface area contributed by atoms with Gasteiger partial charge in [0, 0.05) is 43.5 Å². The Hall–Kier alpha value is -3.59. The monoisotopic (exact) mass is 437 g/mol. The molecule has 0 spiro atoms. The molecule has 1 aliphatic rings. The molecule has 9 nitrogen and oxygen atoms in total. The molecule has 3 N–H and O–H groups in total. The molecule has 1 saturated heterocycles. The standard InChI is InChI=1S/C23H27N5O4/c1-3-24-21(29)28-11-7-16-14-17(4-5-19(16)28)32-18-6-10-25-20(15-18)26-22(30)27-12-8-23(2,31)9-13-27/h4-7,10-11,14-15,31H,3,8-9,12-13H2,1-2H3,(H,24,29)(H,25,26,30). The highest BCUT2D eigenvalue weighted by Gasteiger charge is 2.29. The van der Waals surface area contributed by atoms with Gasteiger partial charge in [0.15, 0.2) is 0 Å². The molecule has 168 valence electrons. The molecule has 3 aromatic rings. The number of carbonyl (C=O) groups is 2. The number of benzene rings is 1. The highest BCUT2D eigenvalue weighted by molar-refractivity contribution is 5.92. The second kappa shape index (κ2) is 8.88. The highest BCUT2D eigenvalue weighted by atomic mass is 16.5. The number of nitrogens with one attached hydrogen (secondary N) is 2. The Balaban J connectivity index is 1.43. The van der Waals surface area contributed by atoms with Crippen LogP contribution in [0.2, 0.25) is 0 Å². The van der Waals surface area contributed by atoms with Crippen molar-refractivity contribution in [2.45, 2.75) is 32.3 Å². The number of anilines is 1. The zero-order valence-corrected chi connectivity index (χ0v) is 18.2. The fourth-order valence-corrected chi connectivity index (χ4v) is 3.66. The molecule has 0 aliphatic carbocycles. The summed E-state index contributed by atoms with van der Waals surface area (Å²) < 4.78 is 7.51. The van der Waals surface area contributed by atoms with Gasteiger partial charge >= 0.3 is 12.1 Å². The molecule has 0 atom stereocenters. The molecule has 4 rings (SSSR count). The number of fused-ring (bicyclic) bond motifs is 1. The Morgan fingerprint density at radius 1 is 1.12 bits per heavy atom. The Morgan fingerprint density at radius 3 is 2.62 bits per heavy atom. The maximum absolute atomic E-state index is 12.5. The minimum Gasteiger partial charge on any atom is -0.457 e. The number of aromatic nitrogens is 2. The molecule has 0 saturated carbocycles. The summed E-state index contributed by atoms with van der Waals surface area (Å²) in [7, 11) is 0. The van der Waals surface area contributed by atoms with E-state index in [1.807, 2.05) is 25.1 Å². The SMILES string of the molecule is CCNC(=O)n1ccc2cc(Oc3ccnc(NC(=O)N4CCC(C)(O)CC4)c3)ccc21. The molecule has 3 amide bonds. The number of likely N-dealkylation sites (tertiary alicyclic amines) is 1. The van der Waals surface area contributed by atoms with E-state index in [0.717, 1.165) is 10.9 Å². The molecule has 0 bridgehead atoms. The van der Waals surface area contributed by atoms with Gasteiger partial charge in [-0.05, 0) is 57.0 Å². The lowest BCUT2D eigenvalue weighted by atomic mass is 9.94. The van der Waals surface area contributed by atoms with Crippen LogP contribution in [0.3, 0.4) is 0 Å². The lowest BCUT2D eigenvalue weighted by Crippen LogP contribution is -2.46. The Bertz CT molecular complexity index is 1130. The van der Waals surface area contributed by atoms with Crippen molar-refractivity contribution in [3.8, 4) is 11.5 Å². The lowest BCUT2D eigenvalue weighted by Gasteiger charge is -2.35. The third-order valence-electron chi connectivity index (χ3n) is 5.54. The quantitative estimate of drug-likeness (QED) is 0.576. The number of amides is 3. The van der Waals surface area contributed by atoms with E-state index in [0.29, 0.717) is 49.8 Å². The fraction of sp³-hybridized carbons (Fsp3) is 0.348. The van der Waals surface area contributed by atoms with E-state index < -0.39 is 5.60 Å². The average molecular weight is 438 g/mol. The van der Waals surface area contributed by atoms with Crippen molar-refractivity contribution in [3.63, 3.8) is 0 Å². The van der Waals surface area contributed by atoms with Crippen molar-refractivity contribution in [1.82, 2.24) is 19.8 Å². The predicted octanol–water partition coefficient (Wildman–Crippen LogP) is 3.78. The van der Waals surface area contributed by atoms with Crippen molar-refractivity contribution in [1.29, 1.82) is 0 Å². The zero-order valence-electron chi connectivity index (χ0n) is 18.2. The summed E-state index contributed by atoms with van der Waals surface area (Å²) >= 11 is 0. The first kappa shape index (κ1) is 21.6. The number of pyridine rings is 1. The van der Waals surface area contributed by atoms with E-state index in [1.54, 1.807) is 47.0 Å². The van der Waals surface area contributed by atoms with Crippen LogP contribution in [-0.2, 0) is 0 Å². The number of hydrogen-bond acceptors (Lipinski definition) is 5. The molecule has 3 heterocycles. The highest BCUT2D eigenvalue weighted by Crippen LogP contribution is 2.28. The summed E-state index contributed by atoms with van der Waals surface area (Å²) in [5.74, 6) is 1.51. The molecule has 0 unspecified atom stereocenters. The maximum Gasteiger partial charge on any atom is 0.326 e. The molecule has 32 heavy (non-hydrogen) atoms. The van der Waals surface area contributed by atoms with Crippen LogP contribution in [0, 0.1) is 0 Å². The van der Waals surface area contributed by atoms with Gasteiger partial charge in [-0.15, -0.1) is 0 Å². The molecule has 1 aromatic carbocycles. The molecule has 1 aliphatic heterocycles. The van der Waals surface area contributed by atoms with Gasteiger partial charge < -0.3 is 20.1 Å².